The zero-order chi connectivity index (χ0) is 16.9. The average molecular weight is 330 g/mol. The number of piperidine rings is 1. The summed E-state index contributed by atoms with van der Waals surface area (Å²) in [7, 11) is 0. The maximum atomic E-state index is 12.6. The van der Waals surface area contributed by atoms with Crippen LogP contribution in [0.25, 0.3) is 10.9 Å². The number of likely N-dealkylation sites (tertiary alicyclic amines) is 1. The molecule has 1 saturated heterocycles. The third-order valence-corrected chi connectivity index (χ3v) is 5.51. The number of rotatable bonds is 2. The summed E-state index contributed by atoms with van der Waals surface area (Å²) in [5.41, 5.74) is 2.33. The van der Waals surface area contributed by atoms with Crippen LogP contribution in [0.15, 0.2) is 60.7 Å². The van der Waals surface area contributed by atoms with Gasteiger partial charge in [-0.05, 0) is 30.0 Å². The Hall–Kier alpha value is -2.95. The Morgan fingerprint density at radius 2 is 1.88 bits per heavy atom. The van der Waals surface area contributed by atoms with Crippen molar-refractivity contribution in [2.75, 3.05) is 18.4 Å². The quantitative estimate of drug-likeness (QED) is 0.783. The number of hydrogen-bond donors (Lipinski definition) is 1. The van der Waals surface area contributed by atoms with Crippen LogP contribution in [0, 0.1) is 5.92 Å². The number of amides is 2. The van der Waals surface area contributed by atoms with Crippen molar-refractivity contribution >= 4 is 22.8 Å². The topological polar surface area (TPSA) is 58.1 Å². The lowest BCUT2D eigenvalue weighted by Gasteiger charge is -2.21. The highest BCUT2D eigenvalue weighted by Crippen LogP contribution is 2.58. The molecule has 2 amide bonds. The second-order valence-electron chi connectivity index (χ2n) is 7.02. The first-order valence-corrected chi connectivity index (χ1v) is 8.59. The molecule has 5 rings (SSSR count). The highest BCUT2D eigenvalue weighted by Gasteiger charge is 2.61. The first-order valence-electron chi connectivity index (χ1n) is 8.59. The first kappa shape index (κ1) is 14.4. The van der Waals surface area contributed by atoms with Crippen molar-refractivity contribution in [1.29, 1.82) is 0 Å². The molecule has 124 valence electrons. The Kier molecular flexibility index (Phi) is 3.04. The molecule has 5 nitrogen and oxygen atoms in total. The Morgan fingerprint density at radius 1 is 1.08 bits per heavy atom. The summed E-state index contributed by atoms with van der Waals surface area (Å²) in [4.78, 5) is 14.5. The Balaban J connectivity index is 1.32. The van der Waals surface area contributed by atoms with Crippen LogP contribution in [-0.2, 0) is 5.41 Å². The number of anilines is 1. The van der Waals surface area contributed by atoms with Gasteiger partial charge in [0.2, 0.25) is 0 Å². The number of benzene rings is 2. The van der Waals surface area contributed by atoms with Gasteiger partial charge in [0.1, 0.15) is 0 Å². The van der Waals surface area contributed by atoms with Crippen LogP contribution in [0.2, 0.25) is 0 Å². The van der Waals surface area contributed by atoms with E-state index in [4.69, 9.17) is 0 Å². The van der Waals surface area contributed by atoms with E-state index in [0.717, 1.165) is 24.0 Å². The zero-order valence-electron chi connectivity index (χ0n) is 13.7. The molecule has 2 aliphatic rings. The third kappa shape index (κ3) is 2.35. The molecular formula is C20H18N4O. The van der Waals surface area contributed by atoms with Crippen LogP contribution in [0.5, 0.6) is 0 Å². The smallest absolute Gasteiger partial charge is 0.323 e. The van der Waals surface area contributed by atoms with Gasteiger partial charge >= 0.3 is 6.03 Å². The van der Waals surface area contributed by atoms with E-state index >= 15 is 0 Å². The summed E-state index contributed by atoms with van der Waals surface area (Å²) in [6.07, 6.45) is 1.18. The van der Waals surface area contributed by atoms with Crippen LogP contribution in [-0.4, -0.2) is 34.2 Å². The summed E-state index contributed by atoms with van der Waals surface area (Å²) in [5, 5.41) is 12.1. The fraction of sp³-hybridized carbons (Fsp3) is 0.250. The minimum atomic E-state index is -0.0907. The number of urea groups is 1. The van der Waals surface area contributed by atoms with Gasteiger partial charge in [0.15, 0.2) is 5.82 Å². The number of nitrogens with zero attached hydrogens (tertiary/aromatic N) is 3. The number of fused-ring (bicyclic) bond motifs is 2. The second-order valence-corrected chi connectivity index (χ2v) is 7.02. The highest BCUT2D eigenvalue weighted by atomic mass is 16.2. The standard InChI is InChI=1S/C20H18N4O/c25-19(21-18-10-14-6-4-5-9-17(14)22-23-18)24-12-16-11-20(16,13-24)15-7-2-1-3-8-15/h1-10,16H,11-13H2,(H,21,23,25). The van der Waals surface area contributed by atoms with Crippen molar-refractivity contribution in [3.05, 3.63) is 66.2 Å². The van der Waals surface area contributed by atoms with Gasteiger partial charge in [-0.15, -0.1) is 10.2 Å². The minimum Gasteiger partial charge on any atom is -0.323 e. The molecule has 1 N–H and O–H groups in total. The number of carbonyl (C=O) groups excluding carboxylic acids is 1. The van der Waals surface area contributed by atoms with E-state index in [2.05, 4.69) is 39.8 Å². The predicted octanol–water partition coefficient (Wildman–Crippen LogP) is 3.44. The van der Waals surface area contributed by atoms with E-state index in [1.807, 2.05) is 41.3 Å². The Morgan fingerprint density at radius 3 is 2.76 bits per heavy atom. The maximum absolute atomic E-state index is 12.6. The molecule has 2 atom stereocenters. The van der Waals surface area contributed by atoms with Gasteiger partial charge in [-0.1, -0.05) is 48.5 Å². The van der Waals surface area contributed by atoms with Crippen LogP contribution < -0.4 is 5.32 Å². The van der Waals surface area contributed by atoms with Gasteiger partial charge in [0.25, 0.3) is 0 Å². The van der Waals surface area contributed by atoms with Crippen molar-refractivity contribution in [1.82, 2.24) is 15.1 Å². The van der Waals surface area contributed by atoms with Gasteiger partial charge in [-0.2, -0.15) is 0 Å². The fourth-order valence-corrected chi connectivity index (χ4v) is 4.09. The van der Waals surface area contributed by atoms with Crippen LogP contribution in [0.4, 0.5) is 10.6 Å². The van der Waals surface area contributed by atoms with Crippen LogP contribution in [0.1, 0.15) is 12.0 Å². The molecule has 2 heterocycles. The van der Waals surface area contributed by atoms with E-state index < -0.39 is 0 Å². The molecular weight excluding hydrogens is 312 g/mol. The van der Waals surface area contributed by atoms with Gasteiger partial charge in [0.05, 0.1) is 5.52 Å². The molecule has 2 unspecified atom stereocenters. The number of nitrogens with one attached hydrogen (secondary N) is 1. The molecule has 0 bridgehead atoms. The van der Waals surface area contributed by atoms with Crippen molar-refractivity contribution in [3.63, 3.8) is 0 Å². The summed E-state index contributed by atoms with van der Waals surface area (Å²) < 4.78 is 0. The molecule has 3 aromatic rings. The number of aromatic nitrogens is 2. The SMILES string of the molecule is O=C(Nc1cc2ccccc2nn1)N1CC2CC2(c2ccccc2)C1. The van der Waals surface area contributed by atoms with E-state index in [1.165, 1.54) is 12.0 Å². The Labute approximate surface area is 145 Å². The van der Waals surface area contributed by atoms with E-state index in [9.17, 15) is 4.79 Å². The van der Waals surface area contributed by atoms with E-state index in [1.54, 1.807) is 0 Å². The summed E-state index contributed by atoms with van der Waals surface area (Å²) in [6.45, 7) is 1.58. The normalized spacial score (nSPS) is 24.2. The lowest BCUT2D eigenvalue weighted by Crippen LogP contribution is -2.36. The summed E-state index contributed by atoms with van der Waals surface area (Å²) in [6, 6.07) is 20.1. The molecule has 1 saturated carbocycles. The molecule has 25 heavy (non-hydrogen) atoms. The molecule has 1 aromatic heterocycles. The summed E-state index contributed by atoms with van der Waals surface area (Å²) in [5.74, 6) is 1.07. The van der Waals surface area contributed by atoms with Crippen LogP contribution >= 0.6 is 0 Å². The lowest BCUT2D eigenvalue weighted by molar-refractivity contribution is 0.216. The monoisotopic (exact) mass is 330 g/mol. The van der Waals surface area contributed by atoms with Gasteiger partial charge in [-0.3, -0.25) is 5.32 Å². The summed E-state index contributed by atoms with van der Waals surface area (Å²) >= 11 is 0. The molecule has 2 fully saturated rings. The maximum Gasteiger partial charge on any atom is 0.323 e. The second kappa shape index (κ2) is 5.28. The van der Waals surface area contributed by atoms with Gasteiger partial charge in [0, 0.05) is 23.9 Å². The molecule has 1 aliphatic carbocycles. The molecule has 1 aliphatic heterocycles. The van der Waals surface area contributed by atoms with Gasteiger partial charge < -0.3 is 4.90 Å². The third-order valence-electron chi connectivity index (χ3n) is 5.51. The predicted molar refractivity (Wildman–Crippen MR) is 96.4 cm³/mol. The average Bonchev–Trinajstić information content (AvgIpc) is 3.23. The molecule has 0 radical (unpaired) electrons. The largest absolute Gasteiger partial charge is 0.323 e. The van der Waals surface area contributed by atoms with Crippen molar-refractivity contribution < 1.29 is 4.79 Å². The number of carbonyl (C=O) groups is 1. The lowest BCUT2D eigenvalue weighted by atomic mass is 9.95. The molecule has 2 aromatic carbocycles. The van der Waals surface area contributed by atoms with Crippen LogP contribution in [0.3, 0.4) is 0 Å². The highest BCUT2D eigenvalue weighted by molar-refractivity contribution is 5.91. The molecule has 0 spiro atoms. The minimum absolute atomic E-state index is 0.0907. The Bertz CT molecular complexity index is 958. The zero-order valence-corrected chi connectivity index (χ0v) is 13.7. The van der Waals surface area contributed by atoms with Crippen molar-refractivity contribution in [2.24, 2.45) is 5.92 Å². The molecule has 5 heteroatoms. The first-order chi connectivity index (χ1) is 12.2. The van der Waals surface area contributed by atoms with Crippen molar-refractivity contribution in [2.45, 2.75) is 11.8 Å². The van der Waals surface area contributed by atoms with Gasteiger partial charge in [-0.25, -0.2) is 4.79 Å². The van der Waals surface area contributed by atoms with E-state index in [-0.39, 0.29) is 11.4 Å². The fourth-order valence-electron chi connectivity index (χ4n) is 4.09. The van der Waals surface area contributed by atoms with E-state index in [0.29, 0.717) is 11.7 Å². The number of hydrogen-bond acceptors (Lipinski definition) is 3. The van der Waals surface area contributed by atoms with Crippen molar-refractivity contribution in [3.8, 4) is 0 Å².